The molecule has 0 saturated carbocycles. The number of oxime groups is 1. The number of benzene rings is 1. The van der Waals surface area contributed by atoms with Gasteiger partial charge in [-0.15, -0.1) is 0 Å². The molecule has 1 aromatic carbocycles. The summed E-state index contributed by atoms with van der Waals surface area (Å²) in [6.07, 6.45) is 19.6. The fourth-order valence-corrected chi connectivity index (χ4v) is 6.25. The maximum Gasteiger partial charge on any atom is 0.324 e. The van der Waals surface area contributed by atoms with Gasteiger partial charge in [0, 0.05) is 38.0 Å². The summed E-state index contributed by atoms with van der Waals surface area (Å²) in [7, 11) is 0. The van der Waals surface area contributed by atoms with Crippen LogP contribution >= 0.6 is 31.9 Å². The minimum atomic E-state index is -0.474. The number of imidazole rings is 1. The van der Waals surface area contributed by atoms with Gasteiger partial charge in [-0.1, -0.05) is 63.3 Å². The zero-order chi connectivity index (χ0) is 34.3. The van der Waals surface area contributed by atoms with Crippen molar-refractivity contribution >= 4 is 55.4 Å². The molecule has 1 heterocycles. The van der Waals surface area contributed by atoms with Crippen molar-refractivity contribution in [3.63, 3.8) is 0 Å². The molecule has 47 heavy (non-hydrogen) atoms. The minimum Gasteiger partial charge on any atom is -0.491 e. The van der Waals surface area contributed by atoms with E-state index >= 15 is 0 Å². The Labute approximate surface area is 296 Å². The van der Waals surface area contributed by atoms with Gasteiger partial charge in [0.05, 0.1) is 21.7 Å². The van der Waals surface area contributed by atoms with E-state index in [1.54, 1.807) is 18.3 Å². The molecule has 0 aliphatic carbocycles. The van der Waals surface area contributed by atoms with Crippen LogP contribution in [0, 0.1) is 5.92 Å². The Balaban J connectivity index is 1.53. The number of allylic oxidation sites excluding steroid dienone is 2. The average Bonchev–Trinajstić information content (AvgIpc) is 3.45. The Morgan fingerprint density at radius 1 is 1.02 bits per heavy atom. The summed E-state index contributed by atoms with van der Waals surface area (Å²) in [5, 5.41) is 15.4. The molecule has 0 spiro atoms. The molecule has 1 aromatic heterocycles. The van der Waals surface area contributed by atoms with Gasteiger partial charge in [-0.25, -0.2) is 4.98 Å². The van der Waals surface area contributed by atoms with E-state index in [1.165, 1.54) is 38.5 Å². The smallest absolute Gasteiger partial charge is 0.324 e. The summed E-state index contributed by atoms with van der Waals surface area (Å²) in [6.45, 7) is 5.74. The summed E-state index contributed by atoms with van der Waals surface area (Å²) in [5.41, 5.74) is 9.79. The van der Waals surface area contributed by atoms with Crippen LogP contribution in [0.15, 0.2) is 44.6 Å². The van der Waals surface area contributed by atoms with Gasteiger partial charge in [0.25, 0.3) is 5.91 Å². The van der Waals surface area contributed by atoms with E-state index in [4.69, 9.17) is 15.3 Å². The lowest BCUT2D eigenvalue weighted by atomic mass is 10.0. The van der Waals surface area contributed by atoms with Crippen LogP contribution < -0.4 is 21.3 Å². The van der Waals surface area contributed by atoms with Crippen LogP contribution in [0.3, 0.4) is 0 Å². The Bertz CT molecular complexity index is 1240. The number of hydroxylamine groups is 1. The third-order valence-electron chi connectivity index (χ3n) is 7.32. The SMILES string of the molecule is CC(C)CCCC/C=C\CCCCCCCC(=O)ONCCCOc1c(Br)cc(C/C(=N\O)C(=O)NCCc2cnc(N)[nH]2)cc1Br. The van der Waals surface area contributed by atoms with Gasteiger partial charge in [-0.2, -0.15) is 5.48 Å². The molecule has 0 radical (unpaired) electrons. The van der Waals surface area contributed by atoms with Crippen LogP contribution in [0.25, 0.3) is 0 Å². The fourth-order valence-electron chi connectivity index (χ4n) is 4.74. The summed E-state index contributed by atoms with van der Waals surface area (Å²) < 4.78 is 7.27. The minimum absolute atomic E-state index is 0.0243. The molecule has 0 saturated heterocycles. The van der Waals surface area contributed by atoms with Crippen molar-refractivity contribution < 1.29 is 24.4 Å². The summed E-state index contributed by atoms with van der Waals surface area (Å²) in [5.74, 6) is 1.00. The molecule has 0 fully saturated rings. The zero-order valence-corrected chi connectivity index (χ0v) is 31.0. The molecule has 0 atom stereocenters. The summed E-state index contributed by atoms with van der Waals surface area (Å²) >= 11 is 7.04. The second-order valence-corrected chi connectivity index (χ2v) is 13.6. The first-order valence-electron chi connectivity index (χ1n) is 16.7. The number of aromatic nitrogens is 2. The molecule has 6 N–H and O–H groups in total. The van der Waals surface area contributed by atoms with Crippen molar-refractivity contribution in [3.05, 3.63) is 50.7 Å². The molecule has 2 aromatic rings. The van der Waals surface area contributed by atoms with Gasteiger partial charge in [0.1, 0.15) is 11.5 Å². The van der Waals surface area contributed by atoms with E-state index in [-0.39, 0.29) is 18.1 Å². The normalized spacial score (nSPS) is 11.8. The van der Waals surface area contributed by atoms with Gasteiger partial charge in [0.15, 0.2) is 5.95 Å². The van der Waals surface area contributed by atoms with Crippen LogP contribution in [0.2, 0.25) is 0 Å². The molecule has 1 amide bonds. The van der Waals surface area contributed by atoms with Crippen molar-refractivity contribution in [3.8, 4) is 5.75 Å². The van der Waals surface area contributed by atoms with Gasteiger partial charge >= 0.3 is 5.97 Å². The Hall–Kier alpha value is -2.90. The molecule has 262 valence electrons. The first-order valence-corrected chi connectivity index (χ1v) is 18.2. The van der Waals surface area contributed by atoms with Gasteiger partial charge in [0.2, 0.25) is 0 Å². The highest BCUT2D eigenvalue weighted by Crippen LogP contribution is 2.35. The third kappa shape index (κ3) is 18.3. The number of amides is 1. The number of nitrogen functional groups attached to an aromatic ring is 1. The fraction of sp³-hybridized carbons (Fsp3) is 0.588. The number of carbonyl (C=O) groups excluding carboxylic acids is 2. The number of hydrogen-bond acceptors (Lipinski definition) is 9. The van der Waals surface area contributed by atoms with Crippen LogP contribution in [0.1, 0.15) is 102 Å². The highest BCUT2D eigenvalue weighted by molar-refractivity contribution is 9.11. The Kier molecular flexibility index (Phi) is 20.8. The van der Waals surface area contributed by atoms with Crippen molar-refractivity contribution in [1.82, 2.24) is 20.8 Å². The second-order valence-electron chi connectivity index (χ2n) is 11.9. The van der Waals surface area contributed by atoms with Gasteiger partial charge in [-0.3, -0.25) is 9.59 Å². The molecule has 0 unspecified atom stereocenters. The predicted molar refractivity (Wildman–Crippen MR) is 193 cm³/mol. The molecule has 0 aliphatic rings. The van der Waals surface area contributed by atoms with E-state index < -0.39 is 5.91 Å². The zero-order valence-electron chi connectivity index (χ0n) is 27.8. The number of rotatable bonds is 25. The van der Waals surface area contributed by atoms with Crippen LogP contribution in [-0.2, 0) is 27.3 Å². The Morgan fingerprint density at radius 3 is 2.36 bits per heavy atom. The summed E-state index contributed by atoms with van der Waals surface area (Å²) in [6, 6.07) is 3.61. The van der Waals surface area contributed by atoms with E-state index in [0.717, 1.165) is 42.9 Å². The lowest BCUT2D eigenvalue weighted by Gasteiger charge is -2.13. The standard InChI is InChI=1S/C34H52Br2N6O5/c1-25(2)15-12-10-8-6-4-3-5-7-9-11-13-16-31(43)47-40-18-14-20-46-32-28(35)21-26(22-29(32)36)23-30(42-45)33(44)38-19-17-27-24-39-34(37)41-27/h4,6,21-22,24-25,40,45H,3,5,7-20,23H2,1-2H3,(H,38,44)(H3,37,39,41)/b6-4-,42-30+. The van der Waals surface area contributed by atoms with Crippen LogP contribution in [0.5, 0.6) is 5.75 Å². The molecular weight excluding hydrogens is 732 g/mol. The Morgan fingerprint density at radius 2 is 1.70 bits per heavy atom. The molecular formula is C34H52Br2N6O5. The number of anilines is 1. The third-order valence-corrected chi connectivity index (χ3v) is 8.49. The topological polar surface area (TPSA) is 164 Å². The second kappa shape index (κ2) is 24.3. The maximum atomic E-state index is 12.5. The number of unbranched alkanes of at least 4 members (excludes halogenated alkanes) is 7. The number of halogens is 2. The maximum absolute atomic E-state index is 12.5. The van der Waals surface area contributed by atoms with E-state index in [9.17, 15) is 14.8 Å². The number of nitrogens with zero attached hydrogens (tertiary/aromatic N) is 2. The van der Waals surface area contributed by atoms with E-state index in [2.05, 4.69) is 83.8 Å². The van der Waals surface area contributed by atoms with Crippen molar-refractivity contribution in [2.75, 3.05) is 25.4 Å². The molecule has 2 rings (SSSR count). The van der Waals surface area contributed by atoms with E-state index in [1.807, 2.05) is 0 Å². The average molecular weight is 785 g/mol. The largest absolute Gasteiger partial charge is 0.491 e. The summed E-state index contributed by atoms with van der Waals surface area (Å²) in [4.78, 5) is 36.4. The quantitative estimate of drug-likeness (QED) is 0.0226. The highest BCUT2D eigenvalue weighted by Gasteiger charge is 2.16. The molecule has 13 heteroatoms. The number of aromatic amines is 1. The lowest BCUT2D eigenvalue weighted by Crippen LogP contribution is -2.33. The van der Waals surface area contributed by atoms with Crippen molar-refractivity contribution in [1.29, 1.82) is 0 Å². The van der Waals surface area contributed by atoms with E-state index in [0.29, 0.717) is 59.6 Å². The number of ether oxygens (including phenoxy) is 1. The van der Waals surface area contributed by atoms with Crippen LogP contribution in [0.4, 0.5) is 5.95 Å². The highest BCUT2D eigenvalue weighted by atomic mass is 79.9. The first kappa shape index (κ1) is 40.3. The number of carbonyl (C=O) groups is 2. The molecule has 11 nitrogen and oxygen atoms in total. The van der Waals surface area contributed by atoms with Gasteiger partial charge < -0.3 is 30.8 Å². The molecule has 0 aliphatic heterocycles. The number of nitrogens with two attached hydrogens (primary N) is 1. The first-order chi connectivity index (χ1) is 22.7. The number of hydrogen-bond donors (Lipinski definition) is 5. The number of nitrogens with one attached hydrogen (secondary N) is 3. The molecule has 0 bridgehead atoms. The monoisotopic (exact) mass is 782 g/mol. The van der Waals surface area contributed by atoms with Crippen molar-refractivity contribution in [2.24, 2.45) is 11.1 Å². The lowest BCUT2D eigenvalue weighted by molar-refractivity contribution is -0.151. The predicted octanol–water partition coefficient (Wildman–Crippen LogP) is 7.57. The van der Waals surface area contributed by atoms with Crippen molar-refractivity contribution in [2.45, 2.75) is 104 Å². The van der Waals surface area contributed by atoms with Gasteiger partial charge in [-0.05, 0) is 94.0 Å². The van der Waals surface area contributed by atoms with Crippen LogP contribution in [-0.4, -0.2) is 52.5 Å². The number of H-pyrrole nitrogens is 1.